The molecule has 2 aromatic carbocycles. The first kappa shape index (κ1) is 22.5. The molecule has 0 fully saturated rings. The van der Waals surface area contributed by atoms with Crippen molar-refractivity contribution in [2.24, 2.45) is 0 Å². The number of benzene rings is 2. The SMILES string of the molecule is Cc1nnc(-c2cnc(Nc3ccc4c(c3)C(C)(C)NC4=O)nc2N[C@H](CO)c2ccccc2)o1. The van der Waals surface area contributed by atoms with Gasteiger partial charge in [-0.1, -0.05) is 30.3 Å². The molecule has 10 nitrogen and oxygen atoms in total. The molecule has 1 amide bonds. The zero-order valence-corrected chi connectivity index (χ0v) is 19.5. The second-order valence-electron chi connectivity index (χ2n) is 8.84. The Hall–Kier alpha value is -4.31. The molecular formula is C25H25N7O3. The average molecular weight is 472 g/mol. The van der Waals surface area contributed by atoms with Gasteiger partial charge in [-0.3, -0.25) is 4.79 Å². The fourth-order valence-electron chi connectivity index (χ4n) is 4.08. The smallest absolute Gasteiger partial charge is 0.253 e. The second-order valence-corrected chi connectivity index (χ2v) is 8.84. The molecule has 0 aliphatic carbocycles. The average Bonchev–Trinajstić information content (AvgIpc) is 3.37. The molecule has 2 aromatic heterocycles. The van der Waals surface area contributed by atoms with Gasteiger partial charge in [0.1, 0.15) is 5.82 Å². The molecule has 0 saturated carbocycles. The van der Waals surface area contributed by atoms with Crippen molar-refractivity contribution < 1.29 is 14.3 Å². The van der Waals surface area contributed by atoms with Gasteiger partial charge in [0, 0.05) is 24.4 Å². The van der Waals surface area contributed by atoms with Gasteiger partial charge in [0.25, 0.3) is 11.8 Å². The maximum Gasteiger partial charge on any atom is 0.253 e. The molecule has 4 aromatic rings. The van der Waals surface area contributed by atoms with Crippen LogP contribution in [-0.4, -0.2) is 37.8 Å². The second kappa shape index (κ2) is 8.80. The first-order valence-corrected chi connectivity index (χ1v) is 11.2. The van der Waals surface area contributed by atoms with Crippen LogP contribution in [0.2, 0.25) is 0 Å². The van der Waals surface area contributed by atoms with Gasteiger partial charge in [-0.05, 0) is 43.2 Å². The van der Waals surface area contributed by atoms with E-state index in [2.05, 4.69) is 36.1 Å². The number of anilines is 3. The number of nitrogens with one attached hydrogen (secondary N) is 3. The number of rotatable bonds is 7. The van der Waals surface area contributed by atoms with E-state index in [-0.39, 0.29) is 18.4 Å². The van der Waals surface area contributed by atoms with Crippen molar-refractivity contribution in [1.29, 1.82) is 0 Å². The summed E-state index contributed by atoms with van der Waals surface area (Å²) in [5.41, 5.74) is 3.22. The molecule has 0 saturated heterocycles. The summed E-state index contributed by atoms with van der Waals surface area (Å²) in [5.74, 6) is 1.35. The molecule has 0 bridgehead atoms. The van der Waals surface area contributed by atoms with Crippen LogP contribution in [0.5, 0.6) is 0 Å². The summed E-state index contributed by atoms with van der Waals surface area (Å²) in [6, 6.07) is 14.7. The lowest BCUT2D eigenvalue weighted by molar-refractivity contribution is 0.0940. The van der Waals surface area contributed by atoms with Gasteiger partial charge in [0.2, 0.25) is 11.8 Å². The molecule has 1 aliphatic heterocycles. The lowest BCUT2D eigenvalue weighted by Crippen LogP contribution is -2.32. The Balaban J connectivity index is 1.50. The summed E-state index contributed by atoms with van der Waals surface area (Å²) in [7, 11) is 0. The Kier molecular flexibility index (Phi) is 5.65. The van der Waals surface area contributed by atoms with E-state index in [9.17, 15) is 9.90 Å². The fourth-order valence-corrected chi connectivity index (χ4v) is 4.08. The van der Waals surface area contributed by atoms with E-state index in [1.807, 2.05) is 56.3 Å². The van der Waals surface area contributed by atoms with Gasteiger partial charge in [-0.2, -0.15) is 4.98 Å². The summed E-state index contributed by atoms with van der Waals surface area (Å²) in [4.78, 5) is 21.3. The molecule has 0 radical (unpaired) electrons. The topological polar surface area (TPSA) is 138 Å². The van der Waals surface area contributed by atoms with Gasteiger partial charge in [0.15, 0.2) is 0 Å². The number of aliphatic hydroxyl groups is 1. The van der Waals surface area contributed by atoms with Crippen molar-refractivity contribution >= 4 is 23.4 Å². The molecule has 5 rings (SSSR count). The lowest BCUT2D eigenvalue weighted by Gasteiger charge is -2.20. The number of fused-ring (bicyclic) bond motifs is 1. The van der Waals surface area contributed by atoms with Crippen LogP contribution in [0.1, 0.15) is 47.3 Å². The van der Waals surface area contributed by atoms with E-state index in [0.29, 0.717) is 28.8 Å². The summed E-state index contributed by atoms with van der Waals surface area (Å²) in [6.45, 7) is 5.47. The number of aromatic nitrogens is 4. The highest BCUT2D eigenvalue weighted by Gasteiger charge is 2.35. The van der Waals surface area contributed by atoms with Gasteiger partial charge in [-0.25, -0.2) is 4.98 Å². The predicted molar refractivity (Wildman–Crippen MR) is 130 cm³/mol. The number of aryl methyl sites for hydroxylation is 1. The minimum Gasteiger partial charge on any atom is -0.421 e. The molecule has 0 unspecified atom stereocenters. The third-order valence-electron chi connectivity index (χ3n) is 5.86. The number of carbonyl (C=O) groups is 1. The number of amides is 1. The molecule has 3 heterocycles. The zero-order chi connectivity index (χ0) is 24.6. The Morgan fingerprint density at radius 3 is 2.63 bits per heavy atom. The molecule has 0 spiro atoms. The van der Waals surface area contributed by atoms with Crippen LogP contribution in [0.25, 0.3) is 11.5 Å². The lowest BCUT2D eigenvalue weighted by atomic mass is 9.94. The van der Waals surface area contributed by atoms with Crippen molar-refractivity contribution in [3.63, 3.8) is 0 Å². The van der Waals surface area contributed by atoms with Crippen molar-refractivity contribution in [3.05, 3.63) is 77.3 Å². The van der Waals surface area contributed by atoms with Crippen LogP contribution < -0.4 is 16.0 Å². The van der Waals surface area contributed by atoms with E-state index in [1.54, 1.807) is 19.2 Å². The van der Waals surface area contributed by atoms with E-state index < -0.39 is 11.6 Å². The maximum atomic E-state index is 12.2. The van der Waals surface area contributed by atoms with E-state index in [4.69, 9.17) is 4.42 Å². The van der Waals surface area contributed by atoms with Gasteiger partial charge < -0.3 is 25.5 Å². The normalized spacial score (nSPS) is 14.8. The standard InChI is InChI=1S/C25H25N7O3/c1-14-31-32-23(35-14)18-12-26-24(29-21(18)28-20(13-33)15-7-5-4-6-8-15)27-16-9-10-17-19(11-16)25(2,3)30-22(17)34/h4-12,20,33H,13H2,1-3H3,(H,30,34)(H2,26,27,28,29)/t20-/m1/s1. The highest BCUT2D eigenvalue weighted by molar-refractivity contribution is 6.00. The number of nitrogens with zero attached hydrogens (tertiary/aromatic N) is 4. The molecule has 178 valence electrons. The van der Waals surface area contributed by atoms with E-state index >= 15 is 0 Å². The molecular weight excluding hydrogens is 446 g/mol. The molecule has 10 heteroatoms. The van der Waals surface area contributed by atoms with Crippen molar-refractivity contribution in [3.8, 4) is 11.5 Å². The quantitative estimate of drug-likeness (QED) is 0.318. The third-order valence-corrected chi connectivity index (χ3v) is 5.86. The highest BCUT2D eigenvalue weighted by Crippen LogP contribution is 2.34. The summed E-state index contributed by atoms with van der Waals surface area (Å²) in [5, 5.41) is 27.5. The number of hydrogen-bond acceptors (Lipinski definition) is 9. The van der Waals surface area contributed by atoms with E-state index in [1.165, 1.54) is 0 Å². The van der Waals surface area contributed by atoms with Crippen LogP contribution in [-0.2, 0) is 5.54 Å². The molecule has 35 heavy (non-hydrogen) atoms. The Labute approximate surface area is 201 Å². The van der Waals surface area contributed by atoms with Crippen molar-refractivity contribution in [2.75, 3.05) is 17.2 Å². The van der Waals surface area contributed by atoms with Crippen molar-refractivity contribution in [2.45, 2.75) is 32.4 Å². The van der Waals surface area contributed by atoms with Gasteiger partial charge >= 0.3 is 0 Å². The molecule has 4 N–H and O–H groups in total. The van der Waals surface area contributed by atoms with Crippen molar-refractivity contribution in [1.82, 2.24) is 25.5 Å². The fraction of sp³-hybridized carbons (Fsp3) is 0.240. The Morgan fingerprint density at radius 2 is 1.91 bits per heavy atom. The van der Waals surface area contributed by atoms with Crippen LogP contribution >= 0.6 is 0 Å². The van der Waals surface area contributed by atoms with E-state index in [0.717, 1.165) is 16.8 Å². The maximum absolute atomic E-state index is 12.2. The first-order valence-electron chi connectivity index (χ1n) is 11.2. The van der Waals surface area contributed by atoms with Crippen LogP contribution in [0, 0.1) is 6.92 Å². The zero-order valence-electron chi connectivity index (χ0n) is 19.5. The summed E-state index contributed by atoms with van der Waals surface area (Å²) < 4.78 is 5.61. The monoisotopic (exact) mass is 471 g/mol. The number of hydrogen-bond donors (Lipinski definition) is 4. The van der Waals surface area contributed by atoms with Crippen LogP contribution in [0.15, 0.2) is 59.1 Å². The number of carbonyl (C=O) groups excluding carboxylic acids is 1. The van der Waals surface area contributed by atoms with Crippen LogP contribution in [0.4, 0.5) is 17.5 Å². The minimum absolute atomic E-state index is 0.0885. The minimum atomic E-state index is -0.471. The van der Waals surface area contributed by atoms with Gasteiger partial charge in [0.05, 0.1) is 23.8 Å². The Bertz CT molecular complexity index is 1390. The molecule has 1 aliphatic rings. The summed E-state index contributed by atoms with van der Waals surface area (Å²) in [6.07, 6.45) is 1.59. The molecule has 1 atom stereocenters. The third kappa shape index (κ3) is 4.43. The van der Waals surface area contributed by atoms with Gasteiger partial charge in [-0.15, -0.1) is 10.2 Å². The van der Waals surface area contributed by atoms with Crippen LogP contribution in [0.3, 0.4) is 0 Å². The number of aliphatic hydroxyl groups excluding tert-OH is 1. The first-order chi connectivity index (χ1) is 16.8. The largest absolute Gasteiger partial charge is 0.421 e. The predicted octanol–water partition coefficient (Wildman–Crippen LogP) is 3.70. The Morgan fingerprint density at radius 1 is 1.11 bits per heavy atom. The summed E-state index contributed by atoms with van der Waals surface area (Å²) >= 11 is 0. The highest BCUT2D eigenvalue weighted by atomic mass is 16.4.